The number of thiophene rings is 1. The highest BCUT2D eigenvalue weighted by Gasteiger charge is 2.22. The second-order valence-electron chi connectivity index (χ2n) is 10.1. The molecule has 7 nitrogen and oxygen atoms in total. The molecule has 9 heteroatoms. The predicted molar refractivity (Wildman–Crippen MR) is 180 cm³/mol. The summed E-state index contributed by atoms with van der Waals surface area (Å²) in [5, 5.41) is 13.6. The second kappa shape index (κ2) is 13.6. The minimum absolute atomic E-state index is 0.469. The first-order valence-corrected chi connectivity index (χ1v) is 16.2. The molecule has 0 fully saturated rings. The van der Waals surface area contributed by atoms with Gasteiger partial charge in [-0.1, -0.05) is 54.6 Å². The Morgan fingerprint density at radius 1 is 0.955 bits per heavy atom. The first kappa shape index (κ1) is 29.2. The van der Waals surface area contributed by atoms with Crippen molar-refractivity contribution in [2.45, 2.75) is 24.1 Å². The highest BCUT2D eigenvalue weighted by atomic mass is 32.2. The van der Waals surface area contributed by atoms with Gasteiger partial charge in [0.05, 0.1) is 39.0 Å². The number of aryl methyl sites for hydroxylation is 2. The van der Waals surface area contributed by atoms with Crippen LogP contribution in [0.2, 0.25) is 0 Å². The number of aromatic nitrogens is 4. The van der Waals surface area contributed by atoms with Crippen LogP contribution in [0.25, 0.3) is 32.8 Å². The summed E-state index contributed by atoms with van der Waals surface area (Å²) in [6.07, 6.45) is 8.50. The minimum Gasteiger partial charge on any atom is -0.493 e. The van der Waals surface area contributed by atoms with Gasteiger partial charge in [-0.05, 0) is 60.6 Å². The summed E-state index contributed by atoms with van der Waals surface area (Å²) in [6.45, 7) is 3.44. The molecule has 1 N–H and O–H groups in total. The van der Waals surface area contributed by atoms with Crippen molar-refractivity contribution in [3.63, 3.8) is 0 Å². The Hall–Kier alpha value is -4.91. The van der Waals surface area contributed by atoms with Gasteiger partial charge in [0.15, 0.2) is 0 Å². The van der Waals surface area contributed by atoms with Crippen LogP contribution in [-0.4, -0.2) is 32.4 Å². The summed E-state index contributed by atoms with van der Waals surface area (Å²) < 4.78 is 9.04. The standard InChI is InChI=1S/C35H30N6OS2/c1-24-22-41(23-38-24)17-8-18-42-29-14-7-13-28(20-29)39-35-37-16-15-31(40-35)33-32(30(21-36)34(43-2)44-33)27-12-6-11-26(19-27)25-9-4-3-5-10-25/h3-7,9-16,19-20,22-23H,8,17-18H2,1-2H3,(H,37,39,40). The van der Waals surface area contributed by atoms with Crippen LogP contribution in [0.5, 0.6) is 5.75 Å². The smallest absolute Gasteiger partial charge is 0.227 e. The van der Waals surface area contributed by atoms with Crippen LogP contribution in [0.15, 0.2) is 108 Å². The number of hydrogen-bond acceptors (Lipinski definition) is 8. The third-order valence-electron chi connectivity index (χ3n) is 7.00. The largest absolute Gasteiger partial charge is 0.493 e. The molecule has 0 atom stereocenters. The molecule has 0 aliphatic carbocycles. The van der Waals surface area contributed by atoms with Gasteiger partial charge < -0.3 is 14.6 Å². The van der Waals surface area contributed by atoms with E-state index in [1.807, 2.05) is 80.3 Å². The summed E-state index contributed by atoms with van der Waals surface area (Å²) in [4.78, 5) is 14.6. The van der Waals surface area contributed by atoms with E-state index in [0.29, 0.717) is 18.1 Å². The van der Waals surface area contributed by atoms with Crippen molar-refractivity contribution in [2.24, 2.45) is 0 Å². The van der Waals surface area contributed by atoms with Gasteiger partial charge in [-0.15, -0.1) is 23.1 Å². The molecular formula is C35H30N6OS2. The minimum atomic E-state index is 0.469. The number of thioether (sulfide) groups is 1. The van der Waals surface area contributed by atoms with E-state index < -0.39 is 0 Å². The van der Waals surface area contributed by atoms with Crippen LogP contribution >= 0.6 is 23.1 Å². The van der Waals surface area contributed by atoms with Crippen LogP contribution in [-0.2, 0) is 6.54 Å². The van der Waals surface area contributed by atoms with Gasteiger partial charge in [-0.25, -0.2) is 15.0 Å². The van der Waals surface area contributed by atoms with Crippen molar-refractivity contribution in [3.8, 4) is 44.6 Å². The Balaban J connectivity index is 1.24. The molecular weight excluding hydrogens is 585 g/mol. The van der Waals surface area contributed by atoms with E-state index in [4.69, 9.17) is 9.72 Å². The van der Waals surface area contributed by atoms with E-state index in [2.05, 4.69) is 56.3 Å². The maximum atomic E-state index is 10.2. The molecule has 0 spiro atoms. The van der Waals surface area contributed by atoms with Crippen LogP contribution in [0.1, 0.15) is 17.7 Å². The Kier molecular flexibility index (Phi) is 9.01. The van der Waals surface area contributed by atoms with E-state index in [-0.39, 0.29) is 0 Å². The van der Waals surface area contributed by atoms with E-state index in [1.54, 1.807) is 29.3 Å². The fourth-order valence-corrected chi connectivity index (χ4v) is 6.88. The number of nitriles is 1. The number of nitrogens with one attached hydrogen (secondary N) is 1. The number of rotatable bonds is 11. The Morgan fingerprint density at radius 3 is 2.57 bits per heavy atom. The molecule has 6 aromatic rings. The summed E-state index contributed by atoms with van der Waals surface area (Å²) in [6, 6.07) is 30.8. The predicted octanol–water partition coefficient (Wildman–Crippen LogP) is 8.85. The quantitative estimate of drug-likeness (QED) is 0.115. The zero-order chi connectivity index (χ0) is 30.3. The van der Waals surface area contributed by atoms with E-state index in [0.717, 1.165) is 67.1 Å². The molecule has 0 radical (unpaired) electrons. The lowest BCUT2D eigenvalue weighted by molar-refractivity contribution is 0.302. The molecule has 3 heterocycles. The first-order valence-electron chi connectivity index (χ1n) is 14.2. The topological polar surface area (TPSA) is 88.7 Å². The molecule has 44 heavy (non-hydrogen) atoms. The van der Waals surface area contributed by atoms with Crippen molar-refractivity contribution in [1.82, 2.24) is 19.5 Å². The average molecular weight is 615 g/mol. The zero-order valence-corrected chi connectivity index (χ0v) is 26.0. The maximum absolute atomic E-state index is 10.2. The summed E-state index contributed by atoms with van der Waals surface area (Å²) in [7, 11) is 0. The third-order valence-corrected chi connectivity index (χ3v) is 9.33. The Morgan fingerprint density at radius 2 is 1.77 bits per heavy atom. The number of imidazole rings is 1. The maximum Gasteiger partial charge on any atom is 0.227 e. The van der Waals surface area contributed by atoms with Gasteiger partial charge in [0, 0.05) is 36.3 Å². The van der Waals surface area contributed by atoms with Crippen molar-refractivity contribution in [2.75, 3.05) is 18.2 Å². The molecule has 3 aromatic carbocycles. The fraction of sp³-hybridized carbons (Fsp3) is 0.143. The monoisotopic (exact) mass is 614 g/mol. The third kappa shape index (κ3) is 6.67. The van der Waals surface area contributed by atoms with Gasteiger partial charge >= 0.3 is 0 Å². The van der Waals surface area contributed by atoms with Crippen molar-refractivity contribution in [1.29, 1.82) is 5.26 Å². The average Bonchev–Trinajstić information content (AvgIpc) is 3.66. The fourth-order valence-electron chi connectivity index (χ4n) is 4.97. The lowest BCUT2D eigenvalue weighted by atomic mass is 9.96. The van der Waals surface area contributed by atoms with Gasteiger partial charge in [0.25, 0.3) is 0 Å². The molecule has 0 unspecified atom stereocenters. The van der Waals surface area contributed by atoms with Crippen LogP contribution in [0.4, 0.5) is 11.6 Å². The number of hydrogen-bond donors (Lipinski definition) is 1. The number of nitrogens with zero attached hydrogens (tertiary/aromatic N) is 5. The summed E-state index contributed by atoms with van der Waals surface area (Å²) >= 11 is 3.17. The molecule has 0 bridgehead atoms. The van der Waals surface area contributed by atoms with Gasteiger partial charge in [0.1, 0.15) is 11.8 Å². The van der Waals surface area contributed by atoms with E-state index in [1.165, 1.54) is 0 Å². The van der Waals surface area contributed by atoms with Gasteiger partial charge in [-0.2, -0.15) is 5.26 Å². The second-order valence-corrected chi connectivity index (χ2v) is 12.2. The molecule has 3 aromatic heterocycles. The summed E-state index contributed by atoms with van der Waals surface area (Å²) in [5.74, 6) is 1.24. The lowest BCUT2D eigenvalue weighted by Gasteiger charge is -2.11. The highest BCUT2D eigenvalue weighted by molar-refractivity contribution is 8.00. The SMILES string of the molecule is CSc1sc(-c2ccnc(Nc3cccc(OCCCn4cnc(C)c4)c3)n2)c(-c2cccc(-c3ccccc3)c2)c1C#N. The number of ether oxygens (including phenoxy) is 1. The molecule has 0 aliphatic heterocycles. The Bertz CT molecular complexity index is 1930. The highest BCUT2D eigenvalue weighted by Crippen LogP contribution is 2.46. The summed E-state index contributed by atoms with van der Waals surface area (Å²) in [5.41, 5.74) is 7.37. The van der Waals surface area contributed by atoms with E-state index >= 15 is 0 Å². The molecule has 218 valence electrons. The van der Waals surface area contributed by atoms with Gasteiger partial charge in [-0.3, -0.25) is 0 Å². The Labute approximate surface area is 265 Å². The number of benzene rings is 3. The lowest BCUT2D eigenvalue weighted by Crippen LogP contribution is -2.03. The van der Waals surface area contributed by atoms with Crippen LogP contribution in [0, 0.1) is 18.3 Å². The van der Waals surface area contributed by atoms with Crippen molar-refractivity contribution >= 4 is 34.7 Å². The molecule has 6 rings (SSSR count). The molecule has 0 saturated heterocycles. The van der Waals surface area contributed by atoms with Crippen LogP contribution in [0.3, 0.4) is 0 Å². The van der Waals surface area contributed by atoms with Crippen molar-refractivity contribution in [3.05, 3.63) is 115 Å². The van der Waals surface area contributed by atoms with E-state index in [9.17, 15) is 5.26 Å². The molecule has 0 saturated carbocycles. The van der Waals surface area contributed by atoms with Crippen LogP contribution < -0.4 is 10.1 Å². The zero-order valence-electron chi connectivity index (χ0n) is 24.4. The molecule has 0 amide bonds. The number of anilines is 2. The normalized spacial score (nSPS) is 10.8. The van der Waals surface area contributed by atoms with Crippen molar-refractivity contribution < 1.29 is 4.74 Å². The van der Waals surface area contributed by atoms with Gasteiger partial charge in [0.2, 0.25) is 5.95 Å². The first-order chi connectivity index (χ1) is 21.6. The molecule has 0 aliphatic rings.